The monoisotopic (exact) mass is 450 g/mol. The Morgan fingerprint density at radius 3 is 1.65 bits per heavy atom. The van der Waals surface area contributed by atoms with Crippen molar-refractivity contribution in [3.8, 4) is 0 Å². The number of benzene rings is 2. The summed E-state index contributed by atoms with van der Waals surface area (Å²) in [5, 5.41) is -0.261. The molecule has 166 valence electrons. The van der Waals surface area contributed by atoms with Crippen LogP contribution >= 0.6 is 0 Å². The highest BCUT2D eigenvalue weighted by atomic mass is 28.3. The van der Waals surface area contributed by atoms with Crippen molar-refractivity contribution in [2.45, 2.75) is 67.6 Å². The molecule has 2 aliphatic rings. The predicted octanol–water partition coefficient (Wildman–Crippen LogP) is 5.75. The highest BCUT2D eigenvalue weighted by Crippen LogP contribution is 2.50. The first kappa shape index (κ1) is 22.7. The second-order valence-corrected chi connectivity index (χ2v) is 16.0. The zero-order valence-corrected chi connectivity index (χ0v) is 21.6. The van der Waals surface area contributed by atoms with Gasteiger partial charge in [-0.05, 0) is 49.7 Å². The van der Waals surface area contributed by atoms with Gasteiger partial charge in [-0.15, -0.1) is 12.3 Å². The van der Waals surface area contributed by atoms with Crippen molar-refractivity contribution in [2.24, 2.45) is 0 Å². The number of ether oxygens (including phenoxy) is 2. The average Bonchev–Trinajstić information content (AvgIpc) is 2.84. The van der Waals surface area contributed by atoms with Gasteiger partial charge in [0.05, 0.1) is 19.2 Å². The van der Waals surface area contributed by atoms with Crippen LogP contribution in [0.25, 0.3) is 0 Å². The fourth-order valence-corrected chi connectivity index (χ4v) is 14.4. The summed E-state index contributed by atoms with van der Waals surface area (Å²) in [6.07, 6.45) is 7.12. The molecule has 0 aliphatic carbocycles. The Morgan fingerprint density at radius 1 is 0.774 bits per heavy atom. The van der Waals surface area contributed by atoms with E-state index in [9.17, 15) is 0 Å². The third-order valence-electron chi connectivity index (χ3n) is 7.72. The van der Waals surface area contributed by atoms with Crippen LogP contribution in [-0.2, 0) is 9.47 Å². The molecule has 2 aliphatic heterocycles. The lowest BCUT2D eigenvalue weighted by atomic mass is 9.96. The lowest BCUT2D eigenvalue weighted by molar-refractivity contribution is -0.164. The van der Waals surface area contributed by atoms with Crippen LogP contribution in [-0.4, -0.2) is 41.3 Å². The lowest BCUT2D eigenvalue weighted by Crippen LogP contribution is -2.73. The third kappa shape index (κ3) is 4.15. The molecule has 31 heavy (non-hydrogen) atoms. The Hall–Kier alpha value is -1.47. The minimum atomic E-state index is -1.74. The summed E-state index contributed by atoms with van der Waals surface area (Å²) in [5.74, 6) is 0. The van der Waals surface area contributed by atoms with Crippen LogP contribution in [0.1, 0.15) is 55.2 Å². The van der Waals surface area contributed by atoms with Gasteiger partial charge in [0, 0.05) is 18.8 Å². The minimum Gasteiger partial charge on any atom is -0.376 e. The molecule has 2 aromatic rings. The van der Waals surface area contributed by atoms with Crippen LogP contribution < -0.4 is 0 Å². The van der Waals surface area contributed by atoms with Crippen molar-refractivity contribution in [1.82, 2.24) is 0 Å². The molecule has 0 aromatic heterocycles. The molecule has 0 bridgehead atoms. The van der Waals surface area contributed by atoms with E-state index >= 15 is 0 Å². The molecular formula is C27H38O2Si2. The molecule has 4 heteroatoms. The van der Waals surface area contributed by atoms with Gasteiger partial charge < -0.3 is 9.47 Å². The average molecular weight is 451 g/mol. The van der Waals surface area contributed by atoms with E-state index in [1.807, 2.05) is 0 Å². The van der Waals surface area contributed by atoms with Crippen LogP contribution in [0.5, 0.6) is 0 Å². The highest BCUT2D eigenvalue weighted by Gasteiger charge is 2.61. The molecule has 2 heterocycles. The summed E-state index contributed by atoms with van der Waals surface area (Å²) in [4.78, 5) is 0. The molecule has 0 N–H and O–H groups in total. The van der Waals surface area contributed by atoms with E-state index < -0.39 is 17.6 Å². The van der Waals surface area contributed by atoms with Crippen molar-refractivity contribution in [2.75, 3.05) is 13.2 Å². The number of hydrogen-bond acceptors (Lipinski definition) is 2. The lowest BCUT2D eigenvalue weighted by Gasteiger charge is -2.59. The largest absolute Gasteiger partial charge is 0.376 e. The normalized spacial score (nSPS) is 27.9. The van der Waals surface area contributed by atoms with E-state index in [1.54, 1.807) is 0 Å². The van der Waals surface area contributed by atoms with Crippen LogP contribution in [0.3, 0.4) is 0 Å². The minimum absolute atomic E-state index is 0.0848. The summed E-state index contributed by atoms with van der Waals surface area (Å²) in [5.41, 5.74) is 5.48. The van der Waals surface area contributed by atoms with Gasteiger partial charge in [0.1, 0.15) is 8.80 Å². The van der Waals surface area contributed by atoms with Gasteiger partial charge in [0.2, 0.25) is 0 Å². The first-order chi connectivity index (χ1) is 15.1. The van der Waals surface area contributed by atoms with Crippen LogP contribution in [0.2, 0.25) is 13.1 Å². The first-order valence-electron chi connectivity index (χ1n) is 12.1. The summed E-state index contributed by atoms with van der Waals surface area (Å²) < 4.78 is 13.9. The van der Waals surface area contributed by atoms with Crippen molar-refractivity contribution >= 4 is 17.6 Å². The van der Waals surface area contributed by atoms with Gasteiger partial charge >= 0.3 is 0 Å². The summed E-state index contributed by atoms with van der Waals surface area (Å²) in [7, 11) is -2.93. The van der Waals surface area contributed by atoms with E-state index in [-0.39, 0.29) is 10.4 Å². The fraction of sp³-hybridized carbons (Fsp3) is 0.481. The molecule has 0 saturated carbocycles. The number of hydrogen-bond donors (Lipinski definition) is 0. The molecule has 2 aromatic carbocycles. The molecule has 3 unspecified atom stereocenters. The summed E-state index contributed by atoms with van der Waals surface area (Å²) in [6, 6.07) is 22.2. The van der Waals surface area contributed by atoms with E-state index in [4.69, 9.17) is 9.47 Å². The Labute approximate surface area is 191 Å². The van der Waals surface area contributed by atoms with Gasteiger partial charge in [-0.1, -0.05) is 73.8 Å². The standard InChI is InChI=1S/C27H38O2Si2/c1-4-31(25(23-15-7-5-8-16-23)24-17-9-6-10-18-24)27(20-12-14-22-29-27)26(30(2)3)19-11-13-21-28-26/h4-10,15-18,25,30-31H,1,11-14,19-22H2,2-3H3. The summed E-state index contributed by atoms with van der Waals surface area (Å²) >= 11 is 0. The first-order valence-corrected chi connectivity index (χ1v) is 16.9. The molecular weight excluding hydrogens is 412 g/mol. The van der Waals surface area contributed by atoms with Crippen molar-refractivity contribution in [3.63, 3.8) is 0 Å². The molecule has 0 radical (unpaired) electrons. The molecule has 3 atom stereocenters. The van der Waals surface area contributed by atoms with Gasteiger partial charge in [0.25, 0.3) is 0 Å². The quantitative estimate of drug-likeness (QED) is 0.500. The van der Waals surface area contributed by atoms with Gasteiger partial charge in [-0.25, -0.2) is 0 Å². The molecule has 4 rings (SSSR count). The molecule has 2 saturated heterocycles. The van der Waals surface area contributed by atoms with Crippen LogP contribution in [0, 0.1) is 0 Å². The van der Waals surface area contributed by atoms with E-state index in [0.717, 1.165) is 32.5 Å². The zero-order chi connectivity index (χ0) is 21.7. The van der Waals surface area contributed by atoms with Gasteiger partial charge in [-0.2, -0.15) is 0 Å². The highest BCUT2D eigenvalue weighted by molar-refractivity contribution is 6.73. The second kappa shape index (κ2) is 9.99. The molecule has 2 fully saturated rings. The maximum absolute atomic E-state index is 7.05. The van der Waals surface area contributed by atoms with E-state index in [0.29, 0.717) is 5.54 Å². The predicted molar refractivity (Wildman–Crippen MR) is 136 cm³/mol. The number of rotatable bonds is 7. The summed E-state index contributed by atoms with van der Waals surface area (Å²) in [6.45, 7) is 11.2. The Bertz CT molecular complexity index is 785. The third-order valence-corrected chi connectivity index (χ3v) is 14.9. The van der Waals surface area contributed by atoms with E-state index in [1.165, 1.54) is 30.4 Å². The van der Waals surface area contributed by atoms with Crippen molar-refractivity contribution < 1.29 is 9.47 Å². The van der Waals surface area contributed by atoms with Crippen LogP contribution in [0.4, 0.5) is 0 Å². The maximum atomic E-state index is 7.05. The zero-order valence-electron chi connectivity index (χ0n) is 19.3. The topological polar surface area (TPSA) is 18.5 Å². The molecule has 0 amide bonds. The SMILES string of the molecule is C=C[SiH](C(c1ccccc1)c1ccccc1)C1(C2([SiH](C)C)CCCCO2)CCCCO1. The van der Waals surface area contributed by atoms with Crippen molar-refractivity contribution in [1.29, 1.82) is 0 Å². The van der Waals surface area contributed by atoms with E-state index in [2.05, 4.69) is 86.0 Å². The molecule has 2 nitrogen and oxygen atoms in total. The fourth-order valence-electron chi connectivity index (χ4n) is 6.31. The van der Waals surface area contributed by atoms with Gasteiger partial charge in [0.15, 0.2) is 0 Å². The van der Waals surface area contributed by atoms with Crippen molar-refractivity contribution in [3.05, 3.63) is 84.1 Å². The Balaban J connectivity index is 1.90. The molecule has 0 spiro atoms. The van der Waals surface area contributed by atoms with Crippen LogP contribution in [0.15, 0.2) is 72.9 Å². The van der Waals surface area contributed by atoms with Gasteiger partial charge in [-0.3, -0.25) is 0 Å². The Morgan fingerprint density at radius 2 is 1.26 bits per heavy atom. The smallest absolute Gasteiger partial charge is 0.113 e. The Kier molecular flexibility index (Phi) is 7.32. The maximum Gasteiger partial charge on any atom is 0.113 e. The second-order valence-electron chi connectivity index (χ2n) is 9.61.